The molecular formula is C12H22N2. The second kappa shape index (κ2) is 3.21. The summed E-state index contributed by atoms with van der Waals surface area (Å²) in [5.74, 6) is 4.41. The van der Waals surface area contributed by atoms with E-state index in [1.54, 1.807) is 6.42 Å². The van der Waals surface area contributed by atoms with Gasteiger partial charge in [-0.2, -0.15) is 0 Å². The molecule has 0 heterocycles. The molecule has 3 fully saturated rings. The molecule has 3 rings (SSSR count). The van der Waals surface area contributed by atoms with E-state index in [9.17, 15) is 0 Å². The molecule has 0 aliphatic heterocycles. The van der Waals surface area contributed by atoms with Crippen molar-refractivity contribution in [3.63, 3.8) is 0 Å². The van der Waals surface area contributed by atoms with Crippen molar-refractivity contribution in [2.24, 2.45) is 23.7 Å². The van der Waals surface area contributed by atoms with E-state index >= 15 is 0 Å². The molecule has 14 heavy (non-hydrogen) atoms. The van der Waals surface area contributed by atoms with Crippen LogP contribution in [0, 0.1) is 23.7 Å². The molecular weight excluding hydrogens is 172 g/mol. The largest absolute Gasteiger partial charge is 0.312 e. The number of fused-ring (bicyclic) bond motifs is 5. The smallest absolute Gasteiger partial charge is 0.0136 e. The molecule has 0 aromatic carbocycles. The molecule has 0 spiro atoms. The zero-order chi connectivity index (χ0) is 9.71. The lowest BCUT2D eigenvalue weighted by atomic mass is 10.0. The van der Waals surface area contributed by atoms with Gasteiger partial charge in [0.2, 0.25) is 0 Å². The summed E-state index contributed by atoms with van der Waals surface area (Å²) in [6.07, 6.45) is 4.65. The molecule has 4 atom stereocenters. The molecule has 80 valence electrons. The second-order valence-electron chi connectivity index (χ2n) is 5.77. The highest BCUT2D eigenvalue weighted by Crippen LogP contribution is 2.65. The molecule has 0 amide bonds. The fourth-order valence-corrected chi connectivity index (χ4v) is 4.05. The van der Waals surface area contributed by atoms with Crippen LogP contribution in [0.15, 0.2) is 0 Å². The summed E-state index contributed by atoms with van der Waals surface area (Å²) in [4.78, 5) is 2.26. The third-order valence-electron chi connectivity index (χ3n) is 4.67. The number of hydrogen-bond donors (Lipinski definition) is 1. The van der Waals surface area contributed by atoms with Gasteiger partial charge in [-0.3, -0.25) is 0 Å². The Balaban J connectivity index is 1.45. The van der Waals surface area contributed by atoms with Crippen molar-refractivity contribution in [2.45, 2.75) is 25.3 Å². The number of nitrogens with one attached hydrogen (secondary N) is 1. The van der Waals surface area contributed by atoms with Crippen LogP contribution in [0.4, 0.5) is 0 Å². The Bertz CT molecular complexity index is 210. The molecule has 1 N–H and O–H groups in total. The van der Waals surface area contributed by atoms with Crippen LogP contribution < -0.4 is 5.32 Å². The van der Waals surface area contributed by atoms with E-state index in [2.05, 4.69) is 24.3 Å². The standard InChI is InChI=1S/C12H22N2/c1-14(2)6-5-13-12-10-8-3-4-9(7-8)11(10)12/h8-13H,3-7H2,1-2H3. The van der Waals surface area contributed by atoms with E-state index in [0.29, 0.717) is 0 Å². The van der Waals surface area contributed by atoms with Gasteiger partial charge in [0.05, 0.1) is 0 Å². The number of likely N-dealkylation sites (N-methyl/N-ethyl adjacent to an activating group) is 1. The van der Waals surface area contributed by atoms with E-state index in [-0.39, 0.29) is 0 Å². The minimum absolute atomic E-state index is 0.918. The Labute approximate surface area is 87.0 Å². The third kappa shape index (κ3) is 1.31. The molecule has 0 saturated heterocycles. The molecule has 2 bridgehead atoms. The van der Waals surface area contributed by atoms with Crippen LogP contribution >= 0.6 is 0 Å². The van der Waals surface area contributed by atoms with E-state index in [0.717, 1.165) is 29.7 Å². The lowest BCUT2D eigenvalue weighted by molar-refractivity contribution is 0.383. The predicted molar refractivity (Wildman–Crippen MR) is 58.2 cm³/mol. The van der Waals surface area contributed by atoms with Gasteiger partial charge in [-0.05, 0) is 57.0 Å². The molecule has 3 aliphatic rings. The van der Waals surface area contributed by atoms with Gasteiger partial charge in [0.1, 0.15) is 0 Å². The molecule has 2 nitrogen and oxygen atoms in total. The summed E-state index contributed by atoms with van der Waals surface area (Å²) in [7, 11) is 4.30. The van der Waals surface area contributed by atoms with Crippen molar-refractivity contribution in [1.29, 1.82) is 0 Å². The summed E-state index contributed by atoms with van der Waals surface area (Å²) < 4.78 is 0. The highest BCUT2D eigenvalue weighted by atomic mass is 15.1. The fourth-order valence-electron chi connectivity index (χ4n) is 4.05. The first-order chi connectivity index (χ1) is 6.77. The van der Waals surface area contributed by atoms with Gasteiger partial charge < -0.3 is 10.2 Å². The Hall–Kier alpha value is -0.0800. The Morgan fingerprint density at radius 1 is 1.14 bits per heavy atom. The summed E-state index contributed by atoms with van der Waals surface area (Å²) in [5, 5.41) is 3.75. The van der Waals surface area contributed by atoms with Crippen molar-refractivity contribution < 1.29 is 0 Å². The monoisotopic (exact) mass is 194 g/mol. The summed E-state index contributed by atoms with van der Waals surface area (Å²) in [6, 6.07) is 0.918. The number of hydrogen-bond acceptors (Lipinski definition) is 2. The van der Waals surface area contributed by atoms with Crippen LogP contribution in [0.2, 0.25) is 0 Å². The minimum Gasteiger partial charge on any atom is -0.312 e. The lowest BCUT2D eigenvalue weighted by Gasteiger charge is -2.13. The van der Waals surface area contributed by atoms with Gasteiger partial charge >= 0.3 is 0 Å². The molecule has 0 aromatic heterocycles. The quantitative estimate of drug-likeness (QED) is 0.723. The van der Waals surface area contributed by atoms with Gasteiger partial charge in [0.25, 0.3) is 0 Å². The van der Waals surface area contributed by atoms with Crippen LogP contribution in [0.1, 0.15) is 19.3 Å². The minimum atomic E-state index is 0.918. The molecule has 0 aromatic rings. The van der Waals surface area contributed by atoms with Gasteiger partial charge in [-0.1, -0.05) is 0 Å². The van der Waals surface area contributed by atoms with Crippen LogP contribution in [0.5, 0.6) is 0 Å². The first-order valence-electron chi connectivity index (χ1n) is 6.15. The summed E-state index contributed by atoms with van der Waals surface area (Å²) >= 11 is 0. The van der Waals surface area contributed by atoms with Gasteiger partial charge in [0.15, 0.2) is 0 Å². The normalized spacial score (nSPS) is 48.6. The van der Waals surface area contributed by atoms with E-state index < -0.39 is 0 Å². The Morgan fingerprint density at radius 2 is 1.79 bits per heavy atom. The molecule has 2 heteroatoms. The van der Waals surface area contributed by atoms with E-state index in [1.165, 1.54) is 25.9 Å². The van der Waals surface area contributed by atoms with Crippen molar-refractivity contribution in [3.05, 3.63) is 0 Å². The summed E-state index contributed by atoms with van der Waals surface area (Å²) in [6.45, 7) is 2.37. The van der Waals surface area contributed by atoms with Crippen LogP contribution in [0.25, 0.3) is 0 Å². The Kier molecular flexibility index (Phi) is 2.10. The number of nitrogens with zero attached hydrogens (tertiary/aromatic N) is 1. The second-order valence-corrected chi connectivity index (χ2v) is 5.77. The highest BCUT2D eigenvalue weighted by molar-refractivity contribution is 5.16. The fraction of sp³-hybridized carbons (Fsp3) is 1.00. The van der Waals surface area contributed by atoms with Crippen LogP contribution in [0.3, 0.4) is 0 Å². The zero-order valence-electron chi connectivity index (χ0n) is 9.37. The summed E-state index contributed by atoms with van der Waals surface area (Å²) in [5.41, 5.74) is 0. The first kappa shape index (κ1) is 9.17. The van der Waals surface area contributed by atoms with E-state index in [1.807, 2.05) is 0 Å². The molecule has 4 unspecified atom stereocenters. The maximum Gasteiger partial charge on any atom is 0.0136 e. The number of rotatable bonds is 4. The molecule has 3 saturated carbocycles. The van der Waals surface area contributed by atoms with Crippen molar-refractivity contribution in [1.82, 2.24) is 10.2 Å². The van der Waals surface area contributed by atoms with Gasteiger partial charge in [-0.15, -0.1) is 0 Å². The zero-order valence-corrected chi connectivity index (χ0v) is 9.37. The van der Waals surface area contributed by atoms with Gasteiger partial charge in [0, 0.05) is 19.1 Å². The van der Waals surface area contributed by atoms with E-state index in [4.69, 9.17) is 0 Å². The van der Waals surface area contributed by atoms with Gasteiger partial charge in [-0.25, -0.2) is 0 Å². The average Bonchev–Trinajstić information content (AvgIpc) is 2.57. The molecule has 0 radical (unpaired) electrons. The molecule has 3 aliphatic carbocycles. The maximum absolute atomic E-state index is 3.75. The SMILES string of the molecule is CN(C)CCNC1C2C3CCC(C3)C12. The average molecular weight is 194 g/mol. The van der Waals surface area contributed by atoms with Crippen molar-refractivity contribution in [2.75, 3.05) is 27.2 Å². The highest BCUT2D eigenvalue weighted by Gasteiger charge is 2.64. The van der Waals surface area contributed by atoms with Crippen molar-refractivity contribution >= 4 is 0 Å². The van der Waals surface area contributed by atoms with Crippen LogP contribution in [-0.2, 0) is 0 Å². The first-order valence-corrected chi connectivity index (χ1v) is 6.15. The maximum atomic E-state index is 3.75. The topological polar surface area (TPSA) is 15.3 Å². The predicted octanol–water partition coefficient (Wildman–Crippen LogP) is 1.18. The lowest BCUT2D eigenvalue weighted by Crippen LogP contribution is -2.30. The Morgan fingerprint density at radius 3 is 2.36 bits per heavy atom. The van der Waals surface area contributed by atoms with Crippen molar-refractivity contribution in [3.8, 4) is 0 Å². The van der Waals surface area contributed by atoms with Crippen LogP contribution in [-0.4, -0.2) is 38.1 Å². The third-order valence-corrected chi connectivity index (χ3v) is 4.67.